The van der Waals surface area contributed by atoms with E-state index in [2.05, 4.69) is 37.4 Å². The number of nitrogens with one attached hydrogen (secondary N) is 1. The standard InChI is InChI=1S/C45H87N2O6P/c1-6-8-10-12-14-16-18-19-20-21-22-23-24-25-26-27-29-31-33-35-37-39-45(49)46-43(42-53-54(50,51)52-41-40-47(3,4)5)44(48)38-36-34-32-30-28-17-15-13-11-9-7-2/h19-20,32,34,36,38,43-44,48H,6-18,21-31,33,35,37,39-42H2,1-5H3,(H-,46,49,50,51)/b20-19+,34-32+,38-36+/t43-,44+/m0/s1. The van der Waals surface area contributed by atoms with Crippen LogP contribution in [0.15, 0.2) is 36.5 Å². The van der Waals surface area contributed by atoms with E-state index in [0.29, 0.717) is 17.4 Å². The highest BCUT2D eigenvalue weighted by Crippen LogP contribution is 2.38. The van der Waals surface area contributed by atoms with Gasteiger partial charge >= 0.3 is 0 Å². The first kappa shape index (κ1) is 52.7. The van der Waals surface area contributed by atoms with Gasteiger partial charge in [0.2, 0.25) is 5.91 Å². The van der Waals surface area contributed by atoms with Crippen molar-refractivity contribution < 1.29 is 32.9 Å². The molecule has 54 heavy (non-hydrogen) atoms. The lowest BCUT2D eigenvalue weighted by atomic mass is 10.0. The lowest BCUT2D eigenvalue weighted by Gasteiger charge is -2.29. The van der Waals surface area contributed by atoms with E-state index < -0.39 is 26.6 Å². The van der Waals surface area contributed by atoms with Crippen LogP contribution in [0.2, 0.25) is 0 Å². The maximum atomic E-state index is 12.8. The zero-order valence-electron chi connectivity index (χ0n) is 35.9. The van der Waals surface area contributed by atoms with Crippen LogP contribution >= 0.6 is 7.82 Å². The van der Waals surface area contributed by atoms with Crippen LogP contribution in [0.5, 0.6) is 0 Å². The number of likely N-dealkylation sites (N-methyl/N-ethyl adjacent to an activating group) is 1. The highest BCUT2D eigenvalue weighted by Gasteiger charge is 2.23. The Morgan fingerprint density at radius 3 is 1.54 bits per heavy atom. The van der Waals surface area contributed by atoms with Gasteiger partial charge in [-0.05, 0) is 44.9 Å². The van der Waals surface area contributed by atoms with Gasteiger partial charge in [0.15, 0.2) is 0 Å². The number of unbranched alkanes of at least 4 members (excludes halogenated alkanes) is 24. The van der Waals surface area contributed by atoms with E-state index in [4.69, 9.17) is 9.05 Å². The van der Waals surface area contributed by atoms with Gasteiger partial charge in [-0.2, -0.15) is 0 Å². The quantitative estimate of drug-likeness (QED) is 0.0211. The Kier molecular flexibility index (Phi) is 36.4. The van der Waals surface area contributed by atoms with Crippen molar-refractivity contribution >= 4 is 13.7 Å². The molecule has 318 valence electrons. The molecular weight excluding hydrogens is 695 g/mol. The van der Waals surface area contributed by atoms with Crippen molar-refractivity contribution in [3.05, 3.63) is 36.5 Å². The van der Waals surface area contributed by atoms with Gasteiger partial charge in [0.05, 0.1) is 39.9 Å². The van der Waals surface area contributed by atoms with Gasteiger partial charge < -0.3 is 28.8 Å². The van der Waals surface area contributed by atoms with Crippen LogP contribution in [0.4, 0.5) is 0 Å². The number of phosphoric acid groups is 1. The number of nitrogens with zero attached hydrogens (tertiary/aromatic N) is 1. The molecule has 0 saturated heterocycles. The smallest absolute Gasteiger partial charge is 0.268 e. The van der Waals surface area contributed by atoms with Gasteiger partial charge in [0, 0.05) is 6.42 Å². The topological polar surface area (TPSA) is 108 Å². The van der Waals surface area contributed by atoms with Crippen molar-refractivity contribution in [1.82, 2.24) is 5.32 Å². The lowest BCUT2D eigenvalue weighted by molar-refractivity contribution is -0.870. The van der Waals surface area contributed by atoms with Gasteiger partial charge in [-0.3, -0.25) is 9.36 Å². The molecule has 2 N–H and O–H groups in total. The SMILES string of the molecule is CCCCCCCC/C=C/CCCCCCCCCCCCCC(=O)N[C@@H](COP(=O)([O-])OCC[N+](C)(C)C)[C@H](O)/C=C/C=C/CCCCCCCCC. The fourth-order valence-corrected chi connectivity index (χ4v) is 6.99. The maximum absolute atomic E-state index is 12.8. The monoisotopic (exact) mass is 783 g/mol. The summed E-state index contributed by atoms with van der Waals surface area (Å²) in [6.45, 7) is 4.58. The molecule has 0 rings (SSSR count). The second-order valence-corrected chi connectivity index (χ2v) is 17.8. The summed E-state index contributed by atoms with van der Waals surface area (Å²) in [5.41, 5.74) is 0. The van der Waals surface area contributed by atoms with Crippen molar-refractivity contribution in [3.8, 4) is 0 Å². The third kappa shape index (κ3) is 39.0. The van der Waals surface area contributed by atoms with Gasteiger partial charge in [-0.15, -0.1) is 0 Å². The molecule has 0 saturated carbocycles. The summed E-state index contributed by atoms with van der Waals surface area (Å²) in [5.74, 6) is -0.217. The molecule has 3 atom stereocenters. The molecule has 0 fully saturated rings. The number of allylic oxidation sites excluding steroid dienone is 5. The van der Waals surface area contributed by atoms with E-state index in [1.807, 2.05) is 27.2 Å². The number of carbonyl (C=O) groups excluding carboxylic acids is 1. The van der Waals surface area contributed by atoms with Gasteiger partial charge in [-0.1, -0.05) is 179 Å². The van der Waals surface area contributed by atoms with Crippen LogP contribution in [0.3, 0.4) is 0 Å². The molecule has 1 unspecified atom stereocenters. The summed E-state index contributed by atoms with van der Waals surface area (Å²) in [4.78, 5) is 25.2. The molecule has 0 aliphatic heterocycles. The first-order valence-corrected chi connectivity index (χ1v) is 23.8. The van der Waals surface area contributed by atoms with E-state index in [9.17, 15) is 19.4 Å². The highest BCUT2D eigenvalue weighted by atomic mass is 31.2. The number of aliphatic hydroxyl groups is 1. The summed E-state index contributed by atoms with van der Waals surface area (Å²) < 4.78 is 23.1. The number of amides is 1. The minimum atomic E-state index is -4.59. The molecule has 8 nitrogen and oxygen atoms in total. The van der Waals surface area contributed by atoms with Crippen molar-refractivity contribution in [2.45, 2.75) is 206 Å². The number of rotatable bonds is 40. The Balaban J connectivity index is 4.33. The Bertz CT molecular complexity index is 980. The molecule has 0 aromatic carbocycles. The van der Waals surface area contributed by atoms with Crippen LogP contribution in [-0.2, 0) is 18.4 Å². The Morgan fingerprint density at radius 2 is 1.07 bits per heavy atom. The van der Waals surface area contributed by atoms with Crippen LogP contribution in [0.1, 0.15) is 194 Å². The molecule has 0 aliphatic carbocycles. The highest BCUT2D eigenvalue weighted by molar-refractivity contribution is 7.45. The number of phosphoric ester groups is 1. The lowest BCUT2D eigenvalue weighted by Crippen LogP contribution is -2.45. The molecule has 0 heterocycles. The minimum absolute atomic E-state index is 0.00915. The average molecular weight is 783 g/mol. The van der Waals surface area contributed by atoms with Crippen molar-refractivity contribution in [2.75, 3.05) is 40.9 Å². The predicted molar refractivity (Wildman–Crippen MR) is 228 cm³/mol. The molecule has 0 bridgehead atoms. The van der Waals surface area contributed by atoms with E-state index in [1.165, 1.54) is 141 Å². The number of quaternary nitrogens is 1. The molecule has 1 amide bonds. The van der Waals surface area contributed by atoms with Crippen molar-refractivity contribution in [1.29, 1.82) is 0 Å². The fourth-order valence-electron chi connectivity index (χ4n) is 6.26. The molecular formula is C45H87N2O6P. The Labute approximate surface area is 334 Å². The number of hydrogen-bond acceptors (Lipinski definition) is 6. The molecule has 0 aliphatic rings. The first-order valence-electron chi connectivity index (χ1n) is 22.4. The maximum Gasteiger partial charge on any atom is 0.268 e. The van der Waals surface area contributed by atoms with Gasteiger partial charge in [0.25, 0.3) is 7.82 Å². The van der Waals surface area contributed by atoms with Gasteiger partial charge in [0.1, 0.15) is 13.2 Å². The van der Waals surface area contributed by atoms with Crippen LogP contribution in [-0.4, -0.2) is 68.5 Å². The summed E-state index contributed by atoms with van der Waals surface area (Å²) in [5, 5.41) is 13.7. The zero-order chi connectivity index (χ0) is 40.0. The average Bonchev–Trinajstić information content (AvgIpc) is 3.12. The van der Waals surface area contributed by atoms with Crippen LogP contribution < -0.4 is 10.2 Å². The van der Waals surface area contributed by atoms with E-state index in [1.54, 1.807) is 12.2 Å². The Hall–Kier alpha value is -1.28. The third-order valence-corrected chi connectivity index (χ3v) is 10.8. The van der Waals surface area contributed by atoms with Crippen LogP contribution in [0.25, 0.3) is 0 Å². The summed E-state index contributed by atoms with van der Waals surface area (Å²) >= 11 is 0. The second kappa shape index (κ2) is 37.3. The molecule has 9 heteroatoms. The first-order chi connectivity index (χ1) is 26.0. The normalized spacial score (nSPS) is 14.7. The van der Waals surface area contributed by atoms with Crippen LogP contribution in [0, 0.1) is 0 Å². The third-order valence-electron chi connectivity index (χ3n) is 9.88. The minimum Gasteiger partial charge on any atom is -0.756 e. The van der Waals surface area contributed by atoms with E-state index >= 15 is 0 Å². The van der Waals surface area contributed by atoms with Crippen molar-refractivity contribution in [2.24, 2.45) is 0 Å². The largest absolute Gasteiger partial charge is 0.756 e. The summed E-state index contributed by atoms with van der Waals surface area (Å²) in [7, 11) is 1.23. The molecule has 0 aromatic heterocycles. The number of carbonyl (C=O) groups is 1. The van der Waals surface area contributed by atoms with E-state index in [-0.39, 0.29) is 12.5 Å². The number of hydrogen-bond donors (Lipinski definition) is 2. The second-order valence-electron chi connectivity index (χ2n) is 16.4. The van der Waals surface area contributed by atoms with Crippen molar-refractivity contribution in [3.63, 3.8) is 0 Å². The fraction of sp³-hybridized carbons (Fsp3) is 0.844. The summed E-state index contributed by atoms with van der Waals surface area (Å²) in [6.07, 6.45) is 44.9. The van der Waals surface area contributed by atoms with Gasteiger partial charge in [-0.25, -0.2) is 0 Å². The molecule has 0 radical (unpaired) electrons. The van der Waals surface area contributed by atoms with E-state index in [0.717, 1.165) is 32.1 Å². The Morgan fingerprint density at radius 1 is 0.648 bits per heavy atom. The number of aliphatic hydroxyl groups excluding tert-OH is 1. The predicted octanol–water partition coefficient (Wildman–Crippen LogP) is 11.7. The molecule has 0 aromatic rings. The zero-order valence-corrected chi connectivity index (χ0v) is 36.8. The molecule has 0 spiro atoms. The summed E-state index contributed by atoms with van der Waals surface area (Å²) in [6, 6.07) is -0.916.